The van der Waals surface area contributed by atoms with Crippen molar-refractivity contribution >= 4 is 5.91 Å². The minimum Gasteiger partial charge on any atom is -0.341 e. The average molecular weight is 275 g/mol. The molecule has 0 aliphatic carbocycles. The van der Waals surface area contributed by atoms with Crippen LogP contribution in [0.25, 0.3) is 0 Å². The Bertz CT molecular complexity index is 433. The minimum atomic E-state index is -0.454. The normalized spacial score (nSPS) is 22.4. The zero-order valence-electron chi connectivity index (χ0n) is 12.2. The SMILES string of the molecule is CC(N)C1CCCN(C(=O)[C@@H](N)Cc2ccccc2)C1. The van der Waals surface area contributed by atoms with Crippen LogP contribution in [0.15, 0.2) is 30.3 Å². The van der Waals surface area contributed by atoms with Crippen LogP contribution in [0.3, 0.4) is 0 Å². The van der Waals surface area contributed by atoms with Crippen LogP contribution in [0.4, 0.5) is 0 Å². The Hall–Kier alpha value is -1.39. The molecule has 1 aliphatic rings. The molecule has 2 unspecified atom stereocenters. The fourth-order valence-corrected chi connectivity index (χ4v) is 2.83. The molecule has 1 aromatic carbocycles. The first-order chi connectivity index (χ1) is 9.58. The molecule has 1 fully saturated rings. The highest BCUT2D eigenvalue weighted by Crippen LogP contribution is 2.19. The summed E-state index contributed by atoms with van der Waals surface area (Å²) in [5, 5.41) is 0. The Kier molecular flexibility index (Phi) is 5.15. The Morgan fingerprint density at radius 1 is 1.35 bits per heavy atom. The highest BCUT2D eigenvalue weighted by atomic mass is 16.2. The van der Waals surface area contributed by atoms with Crippen LogP contribution in [-0.2, 0) is 11.2 Å². The zero-order valence-corrected chi connectivity index (χ0v) is 12.2. The molecular formula is C16H25N3O. The van der Waals surface area contributed by atoms with Gasteiger partial charge in [0.15, 0.2) is 0 Å². The molecule has 4 N–H and O–H groups in total. The van der Waals surface area contributed by atoms with Crippen LogP contribution in [0.1, 0.15) is 25.3 Å². The van der Waals surface area contributed by atoms with Crippen molar-refractivity contribution in [3.8, 4) is 0 Å². The molecule has 1 amide bonds. The highest BCUT2D eigenvalue weighted by Gasteiger charge is 2.28. The third kappa shape index (κ3) is 3.81. The fraction of sp³-hybridized carbons (Fsp3) is 0.562. The summed E-state index contributed by atoms with van der Waals surface area (Å²) in [4.78, 5) is 14.3. The fourth-order valence-electron chi connectivity index (χ4n) is 2.83. The summed E-state index contributed by atoms with van der Waals surface area (Å²) < 4.78 is 0. The van der Waals surface area contributed by atoms with Crippen molar-refractivity contribution < 1.29 is 4.79 Å². The van der Waals surface area contributed by atoms with Gasteiger partial charge in [0.2, 0.25) is 5.91 Å². The van der Waals surface area contributed by atoms with E-state index in [9.17, 15) is 4.79 Å². The topological polar surface area (TPSA) is 72.3 Å². The number of rotatable bonds is 4. The summed E-state index contributed by atoms with van der Waals surface area (Å²) in [6, 6.07) is 9.61. The first-order valence-corrected chi connectivity index (χ1v) is 7.42. The number of likely N-dealkylation sites (tertiary alicyclic amines) is 1. The number of piperidine rings is 1. The number of carbonyl (C=O) groups is 1. The van der Waals surface area contributed by atoms with Crippen molar-refractivity contribution in [2.75, 3.05) is 13.1 Å². The maximum Gasteiger partial charge on any atom is 0.239 e. The van der Waals surface area contributed by atoms with E-state index >= 15 is 0 Å². The van der Waals surface area contributed by atoms with Gasteiger partial charge in [-0.05, 0) is 37.7 Å². The van der Waals surface area contributed by atoms with Crippen molar-refractivity contribution in [2.45, 2.75) is 38.3 Å². The van der Waals surface area contributed by atoms with E-state index < -0.39 is 6.04 Å². The summed E-state index contributed by atoms with van der Waals surface area (Å²) >= 11 is 0. The Morgan fingerprint density at radius 2 is 2.05 bits per heavy atom. The van der Waals surface area contributed by atoms with E-state index in [-0.39, 0.29) is 11.9 Å². The Morgan fingerprint density at radius 3 is 2.70 bits per heavy atom. The molecule has 0 bridgehead atoms. The highest BCUT2D eigenvalue weighted by molar-refractivity contribution is 5.82. The lowest BCUT2D eigenvalue weighted by atomic mass is 9.91. The van der Waals surface area contributed by atoms with Crippen molar-refractivity contribution in [1.82, 2.24) is 4.90 Å². The van der Waals surface area contributed by atoms with Crippen LogP contribution in [0.2, 0.25) is 0 Å². The van der Waals surface area contributed by atoms with Crippen LogP contribution in [0.5, 0.6) is 0 Å². The van der Waals surface area contributed by atoms with Gasteiger partial charge >= 0.3 is 0 Å². The van der Waals surface area contributed by atoms with Gasteiger partial charge in [-0.1, -0.05) is 30.3 Å². The smallest absolute Gasteiger partial charge is 0.239 e. The molecule has 1 aliphatic heterocycles. The van der Waals surface area contributed by atoms with Crippen molar-refractivity contribution in [3.63, 3.8) is 0 Å². The monoisotopic (exact) mass is 275 g/mol. The van der Waals surface area contributed by atoms with Crippen LogP contribution >= 0.6 is 0 Å². The molecule has 3 atom stereocenters. The molecule has 4 heteroatoms. The van der Waals surface area contributed by atoms with Crippen molar-refractivity contribution in [1.29, 1.82) is 0 Å². The predicted octanol–water partition coefficient (Wildman–Crippen LogP) is 1.14. The van der Waals surface area contributed by atoms with E-state index in [1.54, 1.807) is 0 Å². The number of hydrogen-bond donors (Lipinski definition) is 2. The summed E-state index contributed by atoms with van der Waals surface area (Å²) in [5.74, 6) is 0.454. The maximum absolute atomic E-state index is 12.4. The Labute approximate surface area is 121 Å². The minimum absolute atomic E-state index is 0.0548. The van der Waals surface area contributed by atoms with Gasteiger partial charge in [0, 0.05) is 19.1 Å². The molecule has 0 radical (unpaired) electrons. The molecule has 0 saturated carbocycles. The lowest BCUT2D eigenvalue weighted by Crippen LogP contribution is -2.51. The molecule has 1 heterocycles. The second kappa shape index (κ2) is 6.86. The van der Waals surface area contributed by atoms with Gasteiger partial charge in [0.05, 0.1) is 6.04 Å². The molecule has 2 rings (SSSR count). The van der Waals surface area contributed by atoms with Gasteiger partial charge in [-0.3, -0.25) is 4.79 Å². The lowest BCUT2D eigenvalue weighted by molar-refractivity contribution is -0.134. The third-order valence-electron chi connectivity index (χ3n) is 4.13. The molecular weight excluding hydrogens is 250 g/mol. The molecule has 20 heavy (non-hydrogen) atoms. The molecule has 110 valence electrons. The molecule has 0 aromatic heterocycles. The number of hydrogen-bond acceptors (Lipinski definition) is 3. The molecule has 0 spiro atoms. The second-order valence-corrected chi connectivity index (χ2v) is 5.84. The summed E-state index contributed by atoms with van der Waals surface area (Å²) in [7, 11) is 0. The summed E-state index contributed by atoms with van der Waals surface area (Å²) in [6.07, 6.45) is 2.73. The van der Waals surface area contributed by atoms with E-state index in [1.165, 1.54) is 0 Å². The third-order valence-corrected chi connectivity index (χ3v) is 4.13. The largest absolute Gasteiger partial charge is 0.341 e. The van der Waals surface area contributed by atoms with E-state index in [0.717, 1.165) is 31.5 Å². The van der Waals surface area contributed by atoms with Gasteiger partial charge in [0.1, 0.15) is 0 Å². The van der Waals surface area contributed by atoms with Gasteiger partial charge in [-0.2, -0.15) is 0 Å². The standard InChI is InChI=1S/C16H25N3O/c1-12(17)14-8-5-9-19(11-14)16(20)15(18)10-13-6-3-2-4-7-13/h2-4,6-7,12,14-15H,5,8-11,17-18H2,1H3/t12?,14?,15-/m0/s1. The number of nitrogens with zero attached hydrogens (tertiary/aromatic N) is 1. The first-order valence-electron chi connectivity index (χ1n) is 7.42. The molecule has 1 aromatic rings. The molecule has 1 saturated heterocycles. The van der Waals surface area contributed by atoms with Crippen molar-refractivity contribution in [3.05, 3.63) is 35.9 Å². The van der Waals surface area contributed by atoms with E-state index in [1.807, 2.05) is 42.2 Å². The van der Waals surface area contributed by atoms with E-state index in [2.05, 4.69) is 0 Å². The quantitative estimate of drug-likeness (QED) is 0.865. The number of amides is 1. The Balaban J connectivity index is 1.93. The second-order valence-electron chi connectivity index (χ2n) is 5.84. The zero-order chi connectivity index (χ0) is 14.5. The maximum atomic E-state index is 12.4. The summed E-state index contributed by atoms with van der Waals surface area (Å²) in [5.41, 5.74) is 13.1. The van der Waals surface area contributed by atoms with E-state index in [0.29, 0.717) is 12.3 Å². The van der Waals surface area contributed by atoms with Gasteiger partial charge in [-0.15, -0.1) is 0 Å². The number of benzene rings is 1. The van der Waals surface area contributed by atoms with Gasteiger partial charge in [0.25, 0.3) is 0 Å². The van der Waals surface area contributed by atoms with Crippen LogP contribution in [0, 0.1) is 5.92 Å². The number of carbonyl (C=O) groups excluding carboxylic acids is 1. The van der Waals surface area contributed by atoms with Crippen molar-refractivity contribution in [2.24, 2.45) is 17.4 Å². The molecule has 4 nitrogen and oxygen atoms in total. The average Bonchev–Trinajstić information content (AvgIpc) is 2.47. The van der Waals surface area contributed by atoms with Gasteiger partial charge < -0.3 is 16.4 Å². The van der Waals surface area contributed by atoms with E-state index in [4.69, 9.17) is 11.5 Å². The van der Waals surface area contributed by atoms with Crippen LogP contribution < -0.4 is 11.5 Å². The lowest BCUT2D eigenvalue weighted by Gasteiger charge is -2.36. The number of nitrogens with two attached hydrogens (primary N) is 2. The first kappa shape index (κ1) is 15.0. The van der Waals surface area contributed by atoms with Gasteiger partial charge in [-0.25, -0.2) is 0 Å². The predicted molar refractivity (Wildman–Crippen MR) is 81.1 cm³/mol. The summed E-state index contributed by atoms with van der Waals surface area (Å²) in [6.45, 7) is 3.58. The van der Waals surface area contributed by atoms with Crippen LogP contribution in [-0.4, -0.2) is 36.0 Å².